The van der Waals surface area contributed by atoms with E-state index in [0.29, 0.717) is 6.54 Å². The van der Waals surface area contributed by atoms with Crippen LogP contribution in [0.15, 0.2) is 11.1 Å². The monoisotopic (exact) mass is 248 g/mol. The number of unbranched alkanes of at least 4 members (excludes halogenated alkanes) is 3. The summed E-state index contributed by atoms with van der Waals surface area (Å²) >= 11 is 11.3. The van der Waals surface area contributed by atoms with Gasteiger partial charge in [0.2, 0.25) is 0 Å². The summed E-state index contributed by atoms with van der Waals surface area (Å²) < 4.78 is 1.50. The Morgan fingerprint density at radius 2 is 2.07 bits per heavy atom. The van der Waals surface area contributed by atoms with Crippen molar-refractivity contribution < 1.29 is 0 Å². The maximum Gasteiger partial charge on any atom is 0.273 e. The summed E-state index contributed by atoms with van der Waals surface area (Å²) in [6, 6.07) is 0. The topological polar surface area (TPSA) is 34.9 Å². The van der Waals surface area contributed by atoms with E-state index in [2.05, 4.69) is 11.9 Å². The van der Waals surface area contributed by atoms with Crippen LogP contribution in [0.2, 0.25) is 10.2 Å². The van der Waals surface area contributed by atoms with Gasteiger partial charge in [0.15, 0.2) is 5.15 Å². The normalized spacial score (nSPS) is 10.6. The van der Waals surface area contributed by atoms with Crippen molar-refractivity contribution in [3.63, 3.8) is 0 Å². The van der Waals surface area contributed by atoms with Crippen molar-refractivity contribution in [3.05, 3.63) is 26.9 Å². The maximum absolute atomic E-state index is 11.6. The van der Waals surface area contributed by atoms with Crippen LogP contribution in [-0.2, 0) is 6.54 Å². The number of hydrogen-bond donors (Lipinski definition) is 0. The summed E-state index contributed by atoms with van der Waals surface area (Å²) in [5.74, 6) is 0. The van der Waals surface area contributed by atoms with Gasteiger partial charge in [-0.3, -0.25) is 9.36 Å². The molecule has 1 rings (SSSR count). The molecule has 0 N–H and O–H groups in total. The first-order valence-corrected chi connectivity index (χ1v) is 5.82. The van der Waals surface area contributed by atoms with E-state index in [1.54, 1.807) is 0 Å². The number of hydrogen-bond acceptors (Lipinski definition) is 2. The summed E-state index contributed by atoms with van der Waals surface area (Å²) in [7, 11) is 0. The molecule has 15 heavy (non-hydrogen) atoms. The molecule has 0 saturated carbocycles. The van der Waals surface area contributed by atoms with E-state index in [1.165, 1.54) is 23.7 Å². The molecule has 0 atom stereocenters. The number of aryl methyl sites for hydroxylation is 1. The van der Waals surface area contributed by atoms with E-state index in [0.717, 1.165) is 12.8 Å². The van der Waals surface area contributed by atoms with Crippen LogP contribution >= 0.6 is 23.2 Å². The highest BCUT2D eigenvalue weighted by atomic mass is 35.5. The zero-order valence-corrected chi connectivity index (χ0v) is 10.2. The van der Waals surface area contributed by atoms with Crippen molar-refractivity contribution in [1.82, 2.24) is 9.55 Å². The zero-order valence-electron chi connectivity index (χ0n) is 8.67. The number of rotatable bonds is 5. The Hall–Kier alpha value is -0.540. The van der Waals surface area contributed by atoms with Gasteiger partial charge in [0, 0.05) is 6.54 Å². The van der Waals surface area contributed by atoms with Crippen molar-refractivity contribution >= 4 is 23.2 Å². The molecular weight excluding hydrogens is 235 g/mol. The fraction of sp³-hybridized carbons (Fsp3) is 0.600. The van der Waals surface area contributed by atoms with Crippen LogP contribution in [0.5, 0.6) is 0 Å². The summed E-state index contributed by atoms with van der Waals surface area (Å²) in [6.07, 6.45) is 5.89. The highest BCUT2D eigenvalue weighted by Gasteiger charge is 2.06. The first-order chi connectivity index (χ1) is 7.16. The Balaban J connectivity index is 2.63. The third-order valence-corrected chi connectivity index (χ3v) is 2.92. The molecule has 0 saturated heterocycles. The first kappa shape index (κ1) is 12.5. The lowest BCUT2D eigenvalue weighted by Gasteiger charge is -2.05. The van der Waals surface area contributed by atoms with Crippen LogP contribution in [-0.4, -0.2) is 9.55 Å². The minimum atomic E-state index is -0.256. The molecule has 0 aliphatic carbocycles. The van der Waals surface area contributed by atoms with Crippen molar-refractivity contribution in [1.29, 1.82) is 0 Å². The second-order valence-corrected chi connectivity index (χ2v) is 4.14. The summed E-state index contributed by atoms with van der Waals surface area (Å²) in [5.41, 5.74) is -0.256. The Bertz CT molecular complexity index is 376. The lowest BCUT2D eigenvalue weighted by atomic mass is 10.2. The molecule has 5 heteroatoms. The number of nitrogens with zero attached hydrogens (tertiary/aromatic N) is 2. The lowest BCUT2D eigenvalue weighted by Crippen LogP contribution is -2.21. The molecule has 3 nitrogen and oxygen atoms in total. The lowest BCUT2D eigenvalue weighted by molar-refractivity contribution is 0.564. The highest BCUT2D eigenvalue weighted by Crippen LogP contribution is 2.12. The predicted molar refractivity (Wildman–Crippen MR) is 62.7 cm³/mol. The van der Waals surface area contributed by atoms with Crippen LogP contribution in [0.25, 0.3) is 0 Å². The van der Waals surface area contributed by atoms with E-state index in [1.807, 2.05) is 0 Å². The van der Waals surface area contributed by atoms with E-state index < -0.39 is 0 Å². The Morgan fingerprint density at radius 1 is 1.33 bits per heavy atom. The summed E-state index contributed by atoms with van der Waals surface area (Å²) in [5, 5.41) is 0.0844. The van der Waals surface area contributed by atoms with Crippen LogP contribution in [0.1, 0.15) is 32.6 Å². The quantitative estimate of drug-likeness (QED) is 0.593. The molecule has 0 spiro atoms. The molecule has 0 unspecified atom stereocenters. The Morgan fingerprint density at radius 3 is 2.73 bits per heavy atom. The summed E-state index contributed by atoms with van der Waals surface area (Å²) in [4.78, 5) is 15.4. The van der Waals surface area contributed by atoms with Gasteiger partial charge in [0.25, 0.3) is 5.56 Å². The first-order valence-electron chi connectivity index (χ1n) is 5.07. The number of halogens is 2. The molecule has 1 heterocycles. The van der Waals surface area contributed by atoms with Crippen LogP contribution in [0.4, 0.5) is 0 Å². The van der Waals surface area contributed by atoms with Gasteiger partial charge in [-0.25, -0.2) is 4.98 Å². The Kier molecular flexibility index (Phi) is 5.12. The predicted octanol–water partition coefficient (Wildman–Crippen LogP) is 3.13. The minimum Gasteiger partial charge on any atom is -0.298 e. The molecule has 0 fully saturated rings. The molecule has 1 aromatic rings. The summed E-state index contributed by atoms with van der Waals surface area (Å²) in [6.45, 7) is 2.80. The van der Waals surface area contributed by atoms with Gasteiger partial charge in [-0.1, -0.05) is 49.4 Å². The fourth-order valence-corrected chi connectivity index (χ4v) is 1.59. The molecule has 0 aliphatic rings. The van der Waals surface area contributed by atoms with Gasteiger partial charge >= 0.3 is 0 Å². The van der Waals surface area contributed by atoms with Gasteiger partial charge in [-0.15, -0.1) is 0 Å². The molecule has 1 aromatic heterocycles. The smallest absolute Gasteiger partial charge is 0.273 e. The van der Waals surface area contributed by atoms with Gasteiger partial charge in [-0.05, 0) is 6.42 Å². The standard InChI is InChI=1S/C10H14Cl2N2O/c1-2-3-4-5-6-14-7-13-9(12)8(11)10(14)15/h7H,2-6H2,1H3. The fourth-order valence-electron chi connectivity index (χ4n) is 1.31. The molecule has 84 valence electrons. The van der Waals surface area contributed by atoms with E-state index in [4.69, 9.17) is 23.2 Å². The second-order valence-electron chi connectivity index (χ2n) is 3.41. The van der Waals surface area contributed by atoms with E-state index >= 15 is 0 Å². The average molecular weight is 249 g/mol. The van der Waals surface area contributed by atoms with Crippen molar-refractivity contribution in [2.75, 3.05) is 0 Å². The SMILES string of the molecule is CCCCCCn1cnc(Cl)c(Cl)c1=O. The minimum absolute atomic E-state index is 0.00894. The van der Waals surface area contributed by atoms with Gasteiger partial charge < -0.3 is 0 Å². The molecule has 0 aliphatic heterocycles. The van der Waals surface area contributed by atoms with E-state index in [-0.39, 0.29) is 15.7 Å². The van der Waals surface area contributed by atoms with Crippen LogP contribution in [0.3, 0.4) is 0 Å². The largest absolute Gasteiger partial charge is 0.298 e. The van der Waals surface area contributed by atoms with Crippen LogP contribution < -0.4 is 5.56 Å². The maximum atomic E-state index is 11.6. The third kappa shape index (κ3) is 3.50. The molecule has 0 radical (unpaired) electrons. The third-order valence-electron chi connectivity index (χ3n) is 2.19. The van der Waals surface area contributed by atoms with E-state index in [9.17, 15) is 4.79 Å². The molecule has 0 bridgehead atoms. The van der Waals surface area contributed by atoms with Crippen molar-refractivity contribution in [3.8, 4) is 0 Å². The van der Waals surface area contributed by atoms with Gasteiger partial charge in [0.05, 0.1) is 6.33 Å². The zero-order chi connectivity index (χ0) is 11.3. The second kappa shape index (κ2) is 6.13. The average Bonchev–Trinajstić information content (AvgIpc) is 2.24. The van der Waals surface area contributed by atoms with Gasteiger partial charge in [0.1, 0.15) is 5.02 Å². The molecule has 0 aromatic carbocycles. The molecular formula is C10H14Cl2N2O. The molecule has 0 amide bonds. The number of aromatic nitrogens is 2. The van der Waals surface area contributed by atoms with Crippen molar-refractivity contribution in [2.45, 2.75) is 39.2 Å². The highest BCUT2D eigenvalue weighted by molar-refractivity contribution is 6.40. The van der Waals surface area contributed by atoms with Gasteiger partial charge in [-0.2, -0.15) is 0 Å². The van der Waals surface area contributed by atoms with Crippen LogP contribution in [0, 0.1) is 0 Å². The Labute approximate surface area is 99.0 Å². The van der Waals surface area contributed by atoms with Crippen molar-refractivity contribution in [2.24, 2.45) is 0 Å².